The van der Waals surface area contributed by atoms with Crippen molar-refractivity contribution in [2.45, 2.75) is 20.4 Å². The molecule has 0 amide bonds. The van der Waals surface area contributed by atoms with Gasteiger partial charge in [-0.3, -0.25) is 19.8 Å². The van der Waals surface area contributed by atoms with Gasteiger partial charge in [0.05, 0.1) is 17.2 Å². The van der Waals surface area contributed by atoms with Crippen molar-refractivity contribution in [1.82, 2.24) is 14.8 Å². The average molecular weight is 378 g/mol. The maximum Gasteiger partial charge on any atom is 0.316 e. The van der Waals surface area contributed by atoms with E-state index in [4.69, 9.17) is 5.41 Å². The number of pyridine rings is 1. The van der Waals surface area contributed by atoms with Crippen LogP contribution in [0.5, 0.6) is 0 Å². The van der Waals surface area contributed by atoms with Crippen LogP contribution in [0.25, 0.3) is 11.4 Å². The molecule has 0 aliphatic rings. The molecule has 8 nitrogen and oxygen atoms in total. The van der Waals surface area contributed by atoms with E-state index in [2.05, 4.69) is 29.2 Å². The summed E-state index contributed by atoms with van der Waals surface area (Å²) in [5, 5.41) is 26.8. The molecule has 0 fully saturated rings. The van der Waals surface area contributed by atoms with Gasteiger partial charge in [0.1, 0.15) is 6.20 Å². The Morgan fingerprint density at radius 2 is 2.07 bits per heavy atom. The maximum atomic E-state index is 11.6. The van der Waals surface area contributed by atoms with Crippen LogP contribution in [0.2, 0.25) is 0 Å². The minimum atomic E-state index is -0.447. The van der Waals surface area contributed by atoms with Gasteiger partial charge in [-0.25, -0.2) is 0 Å². The summed E-state index contributed by atoms with van der Waals surface area (Å²) < 4.78 is 1.55. The molecular weight excluding hydrogens is 356 g/mol. The first-order chi connectivity index (χ1) is 13.5. The molecule has 3 rings (SSSR count). The van der Waals surface area contributed by atoms with Gasteiger partial charge in [0.2, 0.25) is 0 Å². The van der Waals surface area contributed by atoms with Gasteiger partial charge in [-0.05, 0) is 17.5 Å². The van der Waals surface area contributed by atoms with Crippen LogP contribution in [0, 0.1) is 21.4 Å². The van der Waals surface area contributed by atoms with Crippen LogP contribution in [0.3, 0.4) is 0 Å². The smallest absolute Gasteiger partial charge is 0.316 e. The molecule has 0 atom stereocenters. The summed E-state index contributed by atoms with van der Waals surface area (Å²) in [6, 6.07) is 11.3. The van der Waals surface area contributed by atoms with E-state index in [1.54, 1.807) is 10.7 Å². The molecular formula is C20H22N6O2. The van der Waals surface area contributed by atoms with E-state index in [-0.39, 0.29) is 11.4 Å². The molecule has 0 unspecified atom stereocenters. The summed E-state index contributed by atoms with van der Waals surface area (Å²) in [6.07, 6.45) is 4.17. The highest BCUT2D eigenvalue weighted by molar-refractivity contribution is 5.87. The predicted octanol–water partition coefficient (Wildman–Crippen LogP) is 3.97. The molecule has 8 heteroatoms. The molecule has 0 saturated carbocycles. The molecule has 0 aliphatic carbocycles. The minimum absolute atomic E-state index is 0.0964. The van der Waals surface area contributed by atoms with Crippen LogP contribution in [-0.2, 0) is 6.54 Å². The third kappa shape index (κ3) is 4.40. The number of nitrogens with zero attached hydrogens (tertiary/aromatic N) is 4. The van der Waals surface area contributed by atoms with E-state index in [0.29, 0.717) is 29.4 Å². The monoisotopic (exact) mass is 378 g/mol. The number of rotatable bonds is 8. The minimum Gasteiger partial charge on any atom is -0.384 e. The van der Waals surface area contributed by atoms with E-state index in [1.807, 2.05) is 30.3 Å². The van der Waals surface area contributed by atoms with Crippen LogP contribution in [0.1, 0.15) is 25.0 Å². The first kappa shape index (κ1) is 19.2. The Bertz CT molecular complexity index is 982. The topological polar surface area (TPSA) is 110 Å². The Morgan fingerprint density at radius 1 is 1.32 bits per heavy atom. The molecule has 0 aliphatic heterocycles. The lowest BCUT2D eigenvalue weighted by molar-refractivity contribution is -0.384. The second-order valence-corrected chi connectivity index (χ2v) is 6.88. The summed E-state index contributed by atoms with van der Waals surface area (Å²) in [5.41, 5.74) is 2.84. The fourth-order valence-corrected chi connectivity index (χ4v) is 2.76. The average Bonchev–Trinajstić information content (AvgIpc) is 3.11. The number of aromatic nitrogens is 3. The zero-order valence-corrected chi connectivity index (χ0v) is 15.8. The van der Waals surface area contributed by atoms with Crippen molar-refractivity contribution >= 4 is 17.6 Å². The highest BCUT2D eigenvalue weighted by atomic mass is 16.6. The first-order valence-corrected chi connectivity index (χ1v) is 8.98. The molecule has 0 saturated heterocycles. The van der Waals surface area contributed by atoms with Crippen molar-refractivity contribution in [1.29, 1.82) is 5.41 Å². The largest absolute Gasteiger partial charge is 0.384 e. The molecule has 2 heterocycles. The zero-order valence-electron chi connectivity index (χ0n) is 15.8. The van der Waals surface area contributed by atoms with Crippen molar-refractivity contribution in [3.63, 3.8) is 0 Å². The Morgan fingerprint density at radius 3 is 2.71 bits per heavy atom. The lowest BCUT2D eigenvalue weighted by Crippen LogP contribution is -2.10. The molecule has 0 bridgehead atoms. The second-order valence-electron chi connectivity index (χ2n) is 6.88. The highest BCUT2D eigenvalue weighted by Crippen LogP contribution is 2.29. The van der Waals surface area contributed by atoms with E-state index < -0.39 is 4.92 Å². The van der Waals surface area contributed by atoms with Gasteiger partial charge in [0, 0.05) is 30.2 Å². The number of nitro groups is 1. The predicted molar refractivity (Wildman–Crippen MR) is 109 cm³/mol. The summed E-state index contributed by atoms with van der Waals surface area (Å²) in [7, 11) is 0. The van der Waals surface area contributed by atoms with Crippen LogP contribution in [0.15, 0.2) is 48.8 Å². The van der Waals surface area contributed by atoms with Gasteiger partial charge in [-0.15, -0.1) is 0 Å². The number of benzene rings is 1. The highest BCUT2D eigenvalue weighted by Gasteiger charge is 2.23. The first-order valence-electron chi connectivity index (χ1n) is 8.98. The van der Waals surface area contributed by atoms with Gasteiger partial charge in [-0.1, -0.05) is 44.2 Å². The summed E-state index contributed by atoms with van der Waals surface area (Å²) in [4.78, 5) is 15.4. The third-order valence-corrected chi connectivity index (χ3v) is 4.16. The number of hydrogen-bond donors (Lipinski definition) is 2. The third-order valence-electron chi connectivity index (χ3n) is 4.16. The molecule has 2 N–H and O–H groups in total. The van der Waals surface area contributed by atoms with Crippen molar-refractivity contribution in [2.24, 2.45) is 5.92 Å². The number of anilines is 1. The molecule has 144 valence electrons. The Hall–Kier alpha value is -3.55. The molecule has 28 heavy (non-hydrogen) atoms. The van der Waals surface area contributed by atoms with Crippen molar-refractivity contribution < 1.29 is 4.92 Å². The lowest BCUT2D eigenvalue weighted by atomic mass is 10.1. The van der Waals surface area contributed by atoms with Gasteiger partial charge in [0.25, 0.3) is 0 Å². The molecule has 2 aromatic heterocycles. The Kier molecular flexibility index (Phi) is 5.78. The quantitative estimate of drug-likeness (QED) is 0.350. The van der Waals surface area contributed by atoms with Gasteiger partial charge in [-0.2, -0.15) is 5.10 Å². The van der Waals surface area contributed by atoms with Crippen molar-refractivity contribution in [2.75, 3.05) is 11.9 Å². The molecule has 0 radical (unpaired) electrons. The zero-order chi connectivity index (χ0) is 20.1. The molecule has 3 aromatic rings. The van der Waals surface area contributed by atoms with E-state index in [1.165, 1.54) is 18.6 Å². The van der Waals surface area contributed by atoms with Gasteiger partial charge >= 0.3 is 5.69 Å². The SMILES string of the molecule is CC(C)CNc1cc(-c2nn(Cc3ccccc3)cc2[N+](=O)[O-])ncc1C=N. The van der Waals surface area contributed by atoms with Crippen LogP contribution < -0.4 is 5.32 Å². The standard InChI is InChI=1S/C20H22N6O2/c1-14(2)10-22-17-8-18(23-11-16(17)9-21)20-19(26(27)28)13-25(24-20)12-15-6-4-3-5-7-15/h3-9,11,13-14,21H,10,12H2,1-2H3,(H,22,23). The second kappa shape index (κ2) is 8.43. The fourth-order valence-electron chi connectivity index (χ4n) is 2.76. The van der Waals surface area contributed by atoms with Crippen LogP contribution >= 0.6 is 0 Å². The number of nitrogens with one attached hydrogen (secondary N) is 2. The van der Waals surface area contributed by atoms with Crippen molar-refractivity contribution in [3.8, 4) is 11.4 Å². The van der Waals surface area contributed by atoms with Crippen molar-refractivity contribution in [3.05, 3.63) is 70.0 Å². The van der Waals surface area contributed by atoms with E-state index >= 15 is 0 Å². The lowest BCUT2D eigenvalue weighted by Gasteiger charge is -2.12. The van der Waals surface area contributed by atoms with Gasteiger partial charge in [0.15, 0.2) is 5.69 Å². The Labute approximate surface area is 162 Å². The van der Waals surface area contributed by atoms with Gasteiger partial charge < -0.3 is 10.7 Å². The van der Waals surface area contributed by atoms with Crippen LogP contribution in [-0.4, -0.2) is 32.4 Å². The number of hydrogen-bond acceptors (Lipinski definition) is 6. The maximum absolute atomic E-state index is 11.6. The van der Waals surface area contributed by atoms with Crippen LogP contribution in [0.4, 0.5) is 11.4 Å². The van der Waals surface area contributed by atoms with E-state index in [9.17, 15) is 10.1 Å². The fraction of sp³-hybridized carbons (Fsp3) is 0.250. The summed E-state index contributed by atoms with van der Waals surface area (Å²) in [5.74, 6) is 0.412. The molecule has 1 aromatic carbocycles. The summed E-state index contributed by atoms with van der Waals surface area (Å²) >= 11 is 0. The normalized spacial score (nSPS) is 10.8. The Balaban J connectivity index is 1.98. The summed E-state index contributed by atoms with van der Waals surface area (Å²) in [6.45, 7) is 5.30. The van der Waals surface area contributed by atoms with E-state index in [0.717, 1.165) is 12.1 Å². The molecule has 0 spiro atoms.